The minimum atomic E-state index is -0.473. The highest BCUT2D eigenvalue weighted by Crippen LogP contribution is 2.27. The van der Waals surface area contributed by atoms with E-state index in [0.717, 1.165) is 32.7 Å². The molecule has 8 heteroatoms. The number of carbonyl (C=O) groups is 2. The Labute approximate surface area is 171 Å². The molecular weight excluding hydrogens is 399 g/mol. The Bertz CT molecular complexity index is 872. The number of hydrogen-bond donors (Lipinski definition) is 1. The normalized spacial score (nSPS) is 10.2. The molecule has 0 unspecified atom stereocenters. The summed E-state index contributed by atoms with van der Waals surface area (Å²) in [4.78, 5) is 25.5. The minimum absolute atomic E-state index is 0.146. The summed E-state index contributed by atoms with van der Waals surface area (Å²) in [6.45, 7) is 3.30. The summed E-state index contributed by atoms with van der Waals surface area (Å²) in [5.41, 5.74) is 2.30. The molecule has 0 atom stereocenters. The number of benzene rings is 2. The van der Waals surface area contributed by atoms with E-state index in [1.54, 1.807) is 12.1 Å². The van der Waals surface area contributed by atoms with Crippen molar-refractivity contribution in [1.82, 2.24) is 0 Å². The van der Waals surface area contributed by atoms with Crippen LogP contribution in [0.5, 0.6) is 0 Å². The van der Waals surface area contributed by atoms with Gasteiger partial charge in [-0.3, -0.25) is 9.59 Å². The highest BCUT2D eigenvalue weighted by Gasteiger charge is 2.12. The number of ether oxygens (including phenoxy) is 1. The fourth-order valence-electron chi connectivity index (χ4n) is 2.41. The van der Waals surface area contributed by atoms with Gasteiger partial charge in [0.2, 0.25) is 0 Å². The van der Waals surface area contributed by atoms with E-state index >= 15 is 0 Å². The maximum Gasteiger partial charge on any atom is 0.307 e. The van der Waals surface area contributed by atoms with E-state index in [1.807, 2.05) is 31.4 Å². The van der Waals surface area contributed by atoms with Crippen LogP contribution in [0.1, 0.15) is 17.5 Å². The Balaban J connectivity index is 1.76. The Morgan fingerprint density at radius 1 is 1.14 bits per heavy atom. The number of rotatable bonds is 8. The molecule has 2 rings (SSSR count). The highest BCUT2D eigenvalue weighted by atomic mass is 32.2. The standard InChI is InChI=1S/C20H19FN2O3S2/c1-13-9-17(28-12-22)10-14(2)20(13)23-18(24)11-26-19(25)7-8-27-16-5-3-15(21)4-6-16/h3-6,9-10H,7-8,11H2,1-2H3,(H,23,24). The number of aryl methyl sites for hydroxylation is 2. The quantitative estimate of drug-likeness (QED) is 0.381. The molecular formula is C20H19FN2O3S2. The number of hydrogen-bond acceptors (Lipinski definition) is 6. The second-order valence-corrected chi connectivity index (χ2v) is 7.91. The molecule has 0 spiro atoms. The van der Waals surface area contributed by atoms with Crippen LogP contribution in [0.15, 0.2) is 46.2 Å². The number of thioether (sulfide) groups is 2. The molecule has 1 N–H and O–H groups in total. The van der Waals surface area contributed by atoms with Crippen LogP contribution in [0.3, 0.4) is 0 Å². The highest BCUT2D eigenvalue weighted by molar-refractivity contribution is 8.03. The van der Waals surface area contributed by atoms with Crippen molar-refractivity contribution in [1.29, 1.82) is 5.26 Å². The van der Waals surface area contributed by atoms with Gasteiger partial charge < -0.3 is 10.1 Å². The molecule has 2 aromatic rings. The summed E-state index contributed by atoms with van der Waals surface area (Å²) in [6, 6.07) is 9.64. The van der Waals surface area contributed by atoms with Gasteiger partial charge in [0.1, 0.15) is 11.2 Å². The number of nitrogens with zero attached hydrogens (tertiary/aromatic N) is 1. The molecule has 146 valence electrons. The van der Waals surface area contributed by atoms with Crippen molar-refractivity contribution in [2.75, 3.05) is 17.7 Å². The van der Waals surface area contributed by atoms with Crippen molar-refractivity contribution in [2.24, 2.45) is 0 Å². The third-order valence-electron chi connectivity index (χ3n) is 3.69. The molecule has 0 aliphatic heterocycles. The van der Waals surface area contributed by atoms with Gasteiger partial charge in [0.05, 0.1) is 6.42 Å². The third kappa shape index (κ3) is 6.91. The van der Waals surface area contributed by atoms with Gasteiger partial charge in [-0.25, -0.2) is 4.39 Å². The summed E-state index contributed by atoms with van der Waals surface area (Å²) in [6.07, 6.45) is 0.146. The Morgan fingerprint density at radius 3 is 2.39 bits per heavy atom. The number of thiocyanates is 1. The molecule has 0 aliphatic rings. The number of nitriles is 1. The average molecular weight is 419 g/mol. The predicted molar refractivity (Wildman–Crippen MR) is 109 cm³/mol. The molecule has 0 aliphatic carbocycles. The number of halogens is 1. The van der Waals surface area contributed by atoms with Crippen LogP contribution in [0.2, 0.25) is 0 Å². The summed E-state index contributed by atoms with van der Waals surface area (Å²) >= 11 is 2.47. The predicted octanol–water partition coefficient (Wildman–Crippen LogP) is 4.68. The minimum Gasteiger partial charge on any atom is -0.456 e. The molecule has 0 fully saturated rings. The van der Waals surface area contributed by atoms with Crippen LogP contribution in [0.4, 0.5) is 10.1 Å². The van der Waals surface area contributed by atoms with Crippen molar-refractivity contribution >= 4 is 41.1 Å². The Kier molecular flexibility index (Phi) is 8.36. The van der Waals surface area contributed by atoms with E-state index in [1.165, 1.54) is 23.9 Å². The summed E-state index contributed by atoms with van der Waals surface area (Å²) in [5, 5.41) is 13.5. The van der Waals surface area contributed by atoms with Crippen molar-refractivity contribution in [2.45, 2.75) is 30.1 Å². The fraction of sp³-hybridized carbons (Fsp3) is 0.250. The lowest BCUT2D eigenvalue weighted by Crippen LogP contribution is -2.22. The van der Waals surface area contributed by atoms with E-state index in [-0.39, 0.29) is 18.8 Å². The zero-order chi connectivity index (χ0) is 20.5. The van der Waals surface area contributed by atoms with Gasteiger partial charge in [-0.2, -0.15) is 5.26 Å². The van der Waals surface area contributed by atoms with Crippen LogP contribution < -0.4 is 5.32 Å². The monoisotopic (exact) mass is 418 g/mol. The summed E-state index contributed by atoms with van der Waals surface area (Å²) in [5.74, 6) is -0.730. The smallest absolute Gasteiger partial charge is 0.307 e. The van der Waals surface area contributed by atoms with Crippen LogP contribution in [0, 0.1) is 30.3 Å². The lowest BCUT2D eigenvalue weighted by atomic mass is 10.1. The molecule has 2 aromatic carbocycles. The maximum absolute atomic E-state index is 12.8. The number of carbonyl (C=O) groups excluding carboxylic acids is 2. The first kappa shape index (κ1) is 21.8. The van der Waals surface area contributed by atoms with Gasteiger partial charge in [0.25, 0.3) is 5.91 Å². The third-order valence-corrected chi connectivity index (χ3v) is 5.26. The second kappa shape index (κ2) is 10.7. The summed E-state index contributed by atoms with van der Waals surface area (Å²) < 4.78 is 17.8. The molecule has 0 saturated heterocycles. The van der Waals surface area contributed by atoms with E-state index in [0.29, 0.717) is 11.4 Å². The zero-order valence-electron chi connectivity index (χ0n) is 15.5. The van der Waals surface area contributed by atoms with Crippen molar-refractivity contribution < 1.29 is 18.7 Å². The topological polar surface area (TPSA) is 79.2 Å². The number of anilines is 1. The number of amides is 1. The van der Waals surface area contributed by atoms with E-state index in [9.17, 15) is 14.0 Å². The van der Waals surface area contributed by atoms with E-state index < -0.39 is 11.9 Å². The Morgan fingerprint density at radius 2 is 1.79 bits per heavy atom. The van der Waals surface area contributed by atoms with Crippen molar-refractivity contribution in [3.05, 3.63) is 53.3 Å². The number of esters is 1. The van der Waals surface area contributed by atoms with Crippen LogP contribution in [-0.4, -0.2) is 24.2 Å². The molecule has 0 saturated carbocycles. The van der Waals surface area contributed by atoms with Crippen molar-refractivity contribution in [3.8, 4) is 5.40 Å². The maximum atomic E-state index is 12.8. The van der Waals surface area contributed by atoms with Crippen LogP contribution in [-0.2, 0) is 14.3 Å². The Hall–Kier alpha value is -2.50. The number of nitrogens with one attached hydrogen (secondary N) is 1. The second-order valence-electron chi connectivity index (χ2n) is 5.89. The van der Waals surface area contributed by atoms with Gasteiger partial charge in [-0.15, -0.1) is 11.8 Å². The van der Waals surface area contributed by atoms with Gasteiger partial charge in [0.15, 0.2) is 6.61 Å². The lowest BCUT2D eigenvalue weighted by Gasteiger charge is -2.13. The van der Waals surface area contributed by atoms with Gasteiger partial charge in [-0.05, 0) is 73.1 Å². The molecule has 28 heavy (non-hydrogen) atoms. The first-order valence-electron chi connectivity index (χ1n) is 8.40. The SMILES string of the molecule is Cc1cc(SC#N)cc(C)c1NC(=O)COC(=O)CCSc1ccc(F)cc1. The van der Waals surface area contributed by atoms with Crippen LogP contribution in [0.25, 0.3) is 0 Å². The first-order valence-corrected chi connectivity index (χ1v) is 10.2. The molecule has 0 heterocycles. The molecule has 0 radical (unpaired) electrons. The summed E-state index contributed by atoms with van der Waals surface area (Å²) in [7, 11) is 0. The molecule has 1 amide bonds. The van der Waals surface area contributed by atoms with Gasteiger partial charge in [-0.1, -0.05) is 0 Å². The van der Waals surface area contributed by atoms with Gasteiger partial charge >= 0.3 is 5.97 Å². The average Bonchev–Trinajstić information content (AvgIpc) is 2.65. The van der Waals surface area contributed by atoms with Gasteiger partial charge in [0, 0.05) is 21.2 Å². The molecule has 5 nitrogen and oxygen atoms in total. The van der Waals surface area contributed by atoms with E-state index in [4.69, 9.17) is 10.00 Å². The zero-order valence-corrected chi connectivity index (χ0v) is 17.1. The molecule has 0 aromatic heterocycles. The van der Waals surface area contributed by atoms with Crippen LogP contribution >= 0.6 is 23.5 Å². The van der Waals surface area contributed by atoms with E-state index in [2.05, 4.69) is 5.32 Å². The largest absolute Gasteiger partial charge is 0.456 e. The van der Waals surface area contributed by atoms with Crippen molar-refractivity contribution in [3.63, 3.8) is 0 Å². The fourth-order valence-corrected chi connectivity index (χ4v) is 3.82. The first-order chi connectivity index (χ1) is 13.4. The lowest BCUT2D eigenvalue weighted by molar-refractivity contribution is -0.146. The molecule has 0 bridgehead atoms.